The summed E-state index contributed by atoms with van der Waals surface area (Å²) in [5.41, 5.74) is 0. The van der Waals surface area contributed by atoms with Crippen LogP contribution in [0.25, 0.3) is 0 Å². The van der Waals surface area contributed by atoms with Crippen LogP contribution in [-0.2, 0) is 6.18 Å². The van der Waals surface area contributed by atoms with E-state index in [9.17, 15) is 13.2 Å². The van der Waals surface area contributed by atoms with Crippen LogP contribution in [0.15, 0.2) is 4.34 Å². The highest BCUT2D eigenvalue weighted by atomic mass is 32.2. The zero-order valence-electron chi connectivity index (χ0n) is 7.08. The van der Waals surface area contributed by atoms with Gasteiger partial charge in [0.1, 0.15) is 0 Å². The van der Waals surface area contributed by atoms with Crippen LogP contribution in [0, 0.1) is 0 Å². The molecule has 0 saturated heterocycles. The Bertz CT molecular complexity index is 302. The van der Waals surface area contributed by atoms with Crippen molar-refractivity contribution >= 4 is 23.1 Å². The summed E-state index contributed by atoms with van der Waals surface area (Å²) in [5, 5.41) is 13.9. The average Bonchev–Trinajstić information content (AvgIpc) is 2.51. The lowest BCUT2D eigenvalue weighted by atomic mass is 10.5. The number of aliphatic hydroxyl groups excluding tert-OH is 1. The summed E-state index contributed by atoms with van der Waals surface area (Å²) in [5.74, 6) is 0. The van der Waals surface area contributed by atoms with Crippen molar-refractivity contribution in [1.82, 2.24) is 10.2 Å². The molecule has 80 valence electrons. The van der Waals surface area contributed by atoms with Crippen LogP contribution in [0.2, 0.25) is 0 Å². The third-order valence-electron chi connectivity index (χ3n) is 1.21. The van der Waals surface area contributed by atoms with E-state index in [1.165, 1.54) is 0 Å². The van der Waals surface area contributed by atoms with Gasteiger partial charge in [-0.05, 0) is 0 Å². The van der Waals surface area contributed by atoms with Crippen molar-refractivity contribution < 1.29 is 18.3 Å². The largest absolute Gasteiger partial charge is 0.445 e. The number of halogens is 3. The van der Waals surface area contributed by atoms with Crippen LogP contribution in [0.5, 0.6) is 0 Å². The molecule has 1 aromatic rings. The molecule has 0 spiro atoms. The first-order valence-electron chi connectivity index (χ1n) is 3.61. The van der Waals surface area contributed by atoms with Crippen molar-refractivity contribution in [3.63, 3.8) is 0 Å². The molecule has 14 heavy (non-hydrogen) atoms. The Hall–Kier alpha value is -0.340. The fraction of sp³-hybridized carbons (Fsp3) is 0.667. The van der Waals surface area contributed by atoms with Crippen molar-refractivity contribution in [2.75, 3.05) is 6.61 Å². The van der Waals surface area contributed by atoms with Crippen molar-refractivity contribution in [3.05, 3.63) is 5.01 Å². The highest BCUT2D eigenvalue weighted by Crippen LogP contribution is 2.35. The van der Waals surface area contributed by atoms with Gasteiger partial charge in [0, 0.05) is 5.25 Å². The minimum atomic E-state index is -4.43. The molecular weight excluding hydrogens is 237 g/mol. The van der Waals surface area contributed by atoms with E-state index in [0.717, 1.165) is 11.8 Å². The van der Waals surface area contributed by atoms with Crippen molar-refractivity contribution in [2.24, 2.45) is 0 Å². The van der Waals surface area contributed by atoms with Gasteiger partial charge in [-0.15, -0.1) is 10.2 Å². The van der Waals surface area contributed by atoms with Gasteiger partial charge in [-0.25, -0.2) is 0 Å². The van der Waals surface area contributed by atoms with Crippen LogP contribution >= 0.6 is 23.1 Å². The van der Waals surface area contributed by atoms with Crippen molar-refractivity contribution in [2.45, 2.75) is 22.7 Å². The second-order valence-electron chi connectivity index (χ2n) is 2.48. The summed E-state index contributed by atoms with van der Waals surface area (Å²) in [7, 11) is 0. The second-order valence-corrected chi connectivity index (χ2v) is 5.15. The smallest absolute Gasteiger partial charge is 0.395 e. The fourth-order valence-corrected chi connectivity index (χ4v) is 2.45. The van der Waals surface area contributed by atoms with E-state index < -0.39 is 11.2 Å². The van der Waals surface area contributed by atoms with E-state index in [0.29, 0.717) is 11.3 Å². The lowest BCUT2D eigenvalue weighted by Gasteiger charge is -2.02. The van der Waals surface area contributed by atoms with Crippen LogP contribution in [-0.4, -0.2) is 27.2 Å². The molecule has 0 aliphatic heterocycles. The number of thioether (sulfide) groups is 1. The molecule has 3 nitrogen and oxygen atoms in total. The van der Waals surface area contributed by atoms with E-state index in [1.807, 2.05) is 0 Å². The zero-order valence-corrected chi connectivity index (χ0v) is 8.71. The number of hydrogen-bond donors (Lipinski definition) is 1. The Morgan fingerprint density at radius 2 is 2.14 bits per heavy atom. The molecule has 1 N–H and O–H groups in total. The summed E-state index contributed by atoms with van der Waals surface area (Å²) < 4.78 is 36.4. The molecule has 0 radical (unpaired) electrons. The van der Waals surface area contributed by atoms with E-state index in [4.69, 9.17) is 5.11 Å². The predicted octanol–water partition coefficient (Wildman–Crippen LogP) is 2.03. The maximum absolute atomic E-state index is 12.1. The summed E-state index contributed by atoms with van der Waals surface area (Å²) in [6.07, 6.45) is -4.43. The van der Waals surface area contributed by atoms with Gasteiger partial charge in [-0.3, -0.25) is 0 Å². The monoisotopic (exact) mass is 244 g/mol. The molecule has 1 atom stereocenters. The Labute approximate surface area is 86.4 Å². The molecule has 0 aromatic carbocycles. The number of aliphatic hydroxyl groups is 1. The molecule has 0 aliphatic carbocycles. The normalized spacial score (nSPS) is 14.4. The number of aromatic nitrogens is 2. The van der Waals surface area contributed by atoms with Gasteiger partial charge in [0.15, 0.2) is 4.34 Å². The summed E-state index contributed by atoms with van der Waals surface area (Å²) >= 11 is 1.56. The first-order valence-corrected chi connectivity index (χ1v) is 5.31. The summed E-state index contributed by atoms with van der Waals surface area (Å²) in [6.45, 7) is 1.59. The van der Waals surface area contributed by atoms with Crippen LogP contribution in [0.1, 0.15) is 11.9 Å². The molecule has 1 aromatic heterocycles. The highest BCUT2D eigenvalue weighted by Gasteiger charge is 2.35. The lowest BCUT2D eigenvalue weighted by Crippen LogP contribution is -2.03. The molecule has 0 amide bonds. The molecule has 8 heteroatoms. The SMILES string of the molecule is CC(CO)Sc1nnc(C(F)(F)F)s1. The average molecular weight is 244 g/mol. The van der Waals surface area contributed by atoms with Gasteiger partial charge in [-0.1, -0.05) is 30.0 Å². The molecule has 0 saturated carbocycles. The van der Waals surface area contributed by atoms with Crippen molar-refractivity contribution in [3.8, 4) is 0 Å². The molecule has 1 heterocycles. The number of rotatable bonds is 3. The molecule has 0 bridgehead atoms. The molecule has 0 aliphatic rings. The predicted molar refractivity (Wildman–Crippen MR) is 47.3 cm³/mol. The topological polar surface area (TPSA) is 46.0 Å². The van der Waals surface area contributed by atoms with E-state index >= 15 is 0 Å². The molecular formula is C6H7F3N2OS2. The lowest BCUT2D eigenvalue weighted by molar-refractivity contribution is -0.138. The van der Waals surface area contributed by atoms with Gasteiger partial charge in [0.25, 0.3) is 0 Å². The van der Waals surface area contributed by atoms with Crippen LogP contribution in [0.4, 0.5) is 13.2 Å². The highest BCUT2D eigenvalue weighted by molar-refractivity contribution is 8.01. The number of alkyl halides is 3. The van der Waals surface area contributed by atoms with E-state index in [1.54, 1.807) is 6.92 Å². The minimum absolute atomic E-state index is 0.106. The maximum atomic E-state index is 12.1. The van der Waals surface area contributed by atoms with Crippen LogP contribution < -0.4 is 0 Å². The summed E-state index contributed by atoms with van der Waals surface area (Å²) in [6, 6.07) is 0. The first kappa shape index (κ1) is 11.7. The third kappa shape index (κ3) is 3.10. The van der Waals surface area contributed by atoms with Gasteiger partial charge >= 0.3 is 6.18 Å². The minimum Gasteiger partial charge on any atom is -0.395 e. The fourth-order valence-electron chi connectivity index (χ4n) is 0.581. The Kier molecular flexibility index (Phi) is 3.73. The Morgan fingerprint density at radius 1 is 1.50 bits per heavy atom. The number of nitrogens with zero attached hydrogens (tertiary/aromatic N) is 2. The van der Waals surface area contributed by atoms with E-state index in [-0.39, 0.29) is 16.2 Å². The molecule has 0 fully saturated rings. The quantitative estimate of drug-likeness (QED) is 0.826. The van der Waals surface area contributed by atoms with Crippen LogP contribution in [0.3, 0.4) is 0 Å². The number of hydrogen-bond acceptors (Lipinski definition) is 5. The summed E-state index contributed by atoms with van der Waals surface area (Å²) in [4.78, 5) is 0. The van der Waals surface area contributed by atoms with Gasteiger partial charge in [0.05, 0.1) is 6.61 Å². The Morgan fingerprint density at radius 3 is 2.57 bits per heavy atom. The van der Waals surface area contributed by atoms with Gasteiger partial charge in [-0.2, -0.15) is 13.2 Å². The molecule has 1 unspecified atom stereocenters. The van der Waals surface area contributed by atoms with Gasteiger partial charge in [0.2, 0.25) is 5.01 Å². The Balaban J connectivity index is 2.69. The standard InChI is InChI=1S/C6H7F3N2OS2/c1-3(2-12)13-5-11-10-4(14-5)6(7,8)9/h3,12H,2H2,1H3. The van der Waals surface area contributed by atoms with E-state index in [2.05, 4.69) is 10.2 Å². The second kappa shape index (κ2) is 4.45. The molecule has 1 rings (SSSR count). The van der Waals surface area contributed by atoms with Crippen molar-refractivity contribution in [1.29, 1.82) is 0 Å². The zero-order chi connectivity index (χ0) is 10.8. The van der Waals surface area contributed by atoms with Gasteiger partial charge < -0.3 is 5.11 Å². The third-order valence-corrected chi connectivity index (χ3v) is 3.34. The maximum Gasteiger partial charge on any atom is 0.445 e. The first-order chi connectivity index (χ1) is 6.43.